The Morgan fingerprint density at radius 2 is 1.86 bits per heavy atom. The molecule has 0 aromatic carbocycles. The number of piperidine rings is 1. The number of likely N-dealkylation sites (tertiary alicyclic amines) is 2. The molecule has 1 atom stereocenters. The molecule has 1 unspecified atom stereocenters. The fourth-order valence-corrected chi connectivity index (χ4v) is 5.02. The number of imidazole rings is 1. The first kappa shape index (κ1) is 18.3. The number of rotatable bonds is 4. The maximum Gasteiger partial charge on any atom is 0.243 e. The van der Waals surface area contributed by atoms with E-state index < -0.39 is 0 Å². The minimum Gasteiger partial charge on any atom is -0.335 e. The van der Waals surface area contributed by atoms with E-state index in [2.05, 4.69) is 45.7 Å². The Hall–Kier alpha value is -2.73. The van der Waals surface area contributed by atoms with Crippen molar-refractivity contribution < 1.29 is 4.79 Å². The summed E-state index contributed by atoms with van der Waals surface area (Å²) in [5.74, 6) is 0.270. The van der Waals surface area contributed by atoms with E-state index in [1.165, 1.54) is 5.56 Å². The van der Waals surface area contributed by atoms with Gasteiger partial charge < -0.3 is 9.30 Å². The monoisotopic (exact) mass is 389 g/mol. The summed E-state index contributed by atoms with van der Waals surface area (Å²) in [5, 5.41) is 0. The molecule has 3 aromatic heterocycles. The van der Waals surface area contributed by atoms with Gasteiger partial charge in [0.05, 0.1) is 17.9 Å². The number of amides is 1. The minimum absolute atomic E-state index is 0.270. The Bertz CT molecular complexity index is 1030. The zero-order valence-electron chi connectivity index (χ0n) is 16.9. The summed E-state index contributed by atoms with van der Waals surface area (Å²) < 4.78 is 2.09. The molecule has 0 aliphatic carbocycles. The lowest BCUT2D eigenvalue weighted by atomic mass is 9.85. The lowest BCUT2D eigenvalue weighted by Crippen LogP contribution is -2.59. The summed E-state index contributed by atoms with van der Waals surface area (Å²) in [5.41, 5.74) is 3.79. The topological polar surface area (TPSA) is 53.7 Å². The number of hydrogen-bond donors (Lipinski definition) is 0. The third-order valence-corrected chi connectivity index (χ3v) is 6.41. The Balaban J connectivity index is 1.38. The molecule has 5 rings (SSSR count). The molecule has 0 saturated carbocycles. The van der Waals surface area contributed by atoms with Crippen molar-refractivity contribution >= 4 is 11.6 Å². The molecule has 2 aliphatic rings. The summed E-state index contributed by atoms with van der Waals surface area (Å²) in [7, 11) is 0. The average molecular weight is 390 g/mol. The van der Waals surface area contributed by atoms with Gasteiger partial charge in [0, 0.05) is 31.7 Å². The van der Waals surface area contributed by atoms with Crippen LogP contribution in [-0.2, 0) is 17.9 Å². The fraction of sp³-hybridized carbons (Fsp3) is 0.435. The van der Waals surface area contributed by atoms with Crippen molar-refractivity contribution in [3.63, 3.8) is 0 Å². The van der Waals surface area contributed by atoms with Crippen molar-refractivity contribution in [2.75, 3.05) is 13.1 Å². The van der Waals surface area contributed by atoms with Gasteiger partial charge in [-0.3, -0.25) is 14.7 Å². The second-order valence-electron chi connectivity index (χ2n) is 8.41. The number of pyridine rings is 2. The van der Waals surface area contributed by atoms with E-state index in [9.17, 15) is 4.79 Å². The van der Waals surface area contributed by atoms with Crippen LogP contribution in [0.4, 0.5) is 0 Å². The van der Waals surface area contributed by atoms with Gasteiger partial charge in [-0.05, 0) is 62.9 Å². The third kappa shape index (κ3) is 3.31. The highest BCUT2D eigenvalue weighted by atomic mass is 16.2. The highest BCUT2D eigenvalue weighted by Crippen LogP contribution is 2.39. The maximum atomic E-state index is 13.6. The van der Waals surface area contributed by atoms with Gasteiger partial charge in [-0.1, -0.05) is 12.1 Å². The van der Waals surface area contributed by atoms with Crippen LogP contribution in [0, 0.1) is 6.92 Å². The molecule has 0 N–H and O–H groups in total. The molecule has 2 fully saturated rings. The number of aromatic nitrogens is 3. The van der Waals surface area contributed by atoms with Gasteiger partial charge in [0.25, 0.3) is 0 Å². The van der Waals surface area contributed by atoms with E-state index in [1.807, 2.05) is 23.1 Å². The molecule has 6 nitrogen and oxygen atoms in total. The van der Waals surface area contributed by atoms with Crippen molar-refractivity contribution in [2.24, 2.45) is 0 Å². The van der Waals surface area contributed by atoms with Crippen LogP contribution in [0.1, 0.15) is 42.6 Å². The largest absolute Gasteiger partial charge is 0.335 e. The van der Waals surface area contributed by atoms with Crippen molar-refractivity contribution in [3.05, 3.63) is 65.9 Å². The van der Waals surface area contributed by atoms with E-state index in [4.69, 9.17) is 4.98 Å². The van der Waals surface area contributed by atoms with E-state index in [1.54, 1.807) is 6.20 Å². The molecule has 150 valence electrons. The first-order valence-electron chi connectivity index (χ1n) is 10.5. The Morgan fingerprint density at radius 3 is 2.69 bits per heavy atom. The second-order valence-corrected chi connectivity index (χ2v) is 8.41. The van der Waals surface area contributed by atoms with Gasteiger partial charge >= 0.3 is 0 Å². The first-order valence-corrected chi connectivity index (χ1v) is 10.5. The van der Waals surface area contributed by atoms with Gasteiger partial charge in [0.15, 0.2) is 0 Å². The van der Waals surface area contributed by atoms with E-state index in [0.717, 1.165) is 62.4 Å². The Labute approximate surface area is 171 Å². The van der Waals surface area contributed by atoms with Crippen LogP contribution >= 0.6 is 0 Å². The fourth-order valence-electron chi connectivity index (χ4n) is 5.02. The number of carbonyl (C=O) groups excluding carboxylic acids is 1. The lowest BCUT2D eigenvalue weighted by Gasteiger charge is -2.44. The molecule has 2 aliphatic heterocycles. The van der Waals surface area contributed by atoms with Crippen LogP contribution in [0.15, 0.2) is 48.9 Å². The summed E-state index contributed by atoms with van der Waals surface area (Å²) in [6, 6.07) is 10.0. The summed E-state index contributed by atoms with van der Waals surface area (Å²) in [6.07, 6.45) is 9.99. The number of fused-ring (bicyclic) bond motifs is 1. The standard InChI is InChI=1S/C23H27N5O/c1-18-7-8-21-25-20(16-27(21)14-18)17-28-13-5-10-23(28)9-4-12-26(22(23)29)15-19-6-2-3-11-24-19/h2-3,6-8,11,14,16H,4-5,9-10,12-13,15,17H2,1H3. The number of carbonyl (C=O) groups is 1. The van der Waals surface area contributed by atoms with E-state index in [-0.39, 0.29) is 11.4 Å². The van der Waals surface area contributed by atoms with Crippen LogP contribution in [0.25, 0.3) is 5.65 Å². The SMILES string of the molecule is Cc1ccc2nc(CN3CCCC34CCCN(Cc3ccccn3)C4=O)cn2c1. The van der Waals surface area contributed by atoms with Crippen LogP contribution < -0.4 is 0 Å². The molecule has 2 saturated heterocycles. The molecule has 0 bridgehead atoms. The smallest absolute Gasteiger partial charge is 0.243 e. The normalized spacial score (nSPS) is 22.8. The molecular weight excluding hydrogens is 362 g/mol. The van der Waals surface area contributed by atoms with Crippen molar-refractivity contribution in [1.29, 1.82) is 0 Å². The lowest BCUT2D eigenvalue weighted by molar-refractivity contribution is -0.148. The van der Waals surface area contributed by atoms with Crippen LogP contribution in [0.5, 0.6) is 0 Å². The number of aryl methyl sites for hydroxylation is 1. The molecule has 0 radical (unpaired) electrons. The molecule has 29 heavy (non-hydrogen) atoms. The molecule has 1 amide bonds. The summed E-state index contributed by atoms with van der Waals surface area (Å²) in [4.78, 5) is 27.2. The molecule has 6 heteroatoms. The van der Waals surface area contributed by atoms with Gasteiger partial charge in [0.1, 0.15) is 11.2 Å². The zero-order valence-corrected chi connectivity index (χ0v) is 16.9. The van der Waals surface area contributed by atoms with Gasteiger partial charge in [-0.25, -0.2) is 4.98 Å². The minimum atomic E-state index is -0.376. The Kier molecular flexibility index (Phi) is 4.59. The van der Waals surface area contributed by atoms with Crippen molar-refractivity contribution in [1.82, 2.24) is 24.2 Å². The van der Waals surface area contributed by atoms with Gasteiger partial charge in [-0.15, -0.1) is 0 Å². The molecule has 1 spiro atoms. The Morgan fingerprint density at radius 1 is 1.00 bits per heavy atom. The van der Waals surface area contributed by atoms with E-state index in [0.29, 0.717) is 6.54 Å². The summed E-state index contributed by atoms with van der Waals surface area (Å²) in [6.45, 7) is 5.19. The maximum absolute atomic E-state index is 13.6. The number of nitrogens with zero attached hydrogens (tertiary/aromatic N) is 5. The van der Waals surface area contributed by atoms with Crippen LogP contribution in [0.2, 0.25) is 0 Å². The molecule has 3 aromatic rings. The van der Waals surface area contributed by atoms with Crippen molar-refractivity contribution in [3.8, 4) is 0 Å². The molecule has 5 heterocycles. The average Bonchev–Trinajstić information content (AvgIpc) is 3.30. The highest BCUT2D eigenvalue weighted by Gasteiger charge is 2.50. The van der Waals surface area contributed by atoms with Crippen LogP contribution in [-0.4, -0.2) is 48.7 Å². The second kappa shape index (κ2) is 7.26. The molecular formula is C23H27N5O. The highest BCUT2D eigenvalue weighted by molar-refractivity contribution is 5.87. The predicted octanol–water partition coefficient (Wildman–Crippen LogP) is 3.19. The quantitative estimate of drug-likeness (QED) is 0.688. The van der Waals surface area contributed by atoms with Crippen molar-refractivity contribution in [2.45, 2.75) is 51.2 Å². The van der Waals surface area contributed by atoms with Gasteiger partial charge in [0.2, 0.25) is 5.91 Å². The first-order chi connectivity index (χ1) is 14.1. The zero-order chi connectivity index (χ0) is 19.8. The summed E-state index contributed by atoms with van der Waals surface area (Å²) >= 11 is 0. The van der Waals surface area contributed by atoms with Crippen LogP contribution in [0.3, 0.4) is 0 Å². The predicted molar refractivity (Wildman–Crippen MR) is 111 cm³/mol. The van der Waals surface area contributed by atoms with E-state index >= 15 is 0 Å². The van der Waals surface area contributed by atoms with Gasteiger partial charge in [-0.2, -0.15) is 0 Å². The third-order valence-electron chi connectivity index (χ3n) is 6.41. The number of hydrogen-bond acceptors (Lipinski definition) is 4.